The number of fused-ring (bicyclic) bond motifs is 9. The molecule has 0 atom stereocenters. The fourth-order valence-electron chi connectivity index (χ4n) is 9.26. The summed E-state index contributed by atoms with van der Waals surface area (Å²) in [4.78, 5) is 15.9. The van der Waals surface area contributed by atoms with Crippen LogP contribution < -0.4 is 5.19 Å². The summed E-state index contributed by atoms with van der Waals surface area (Å²) in [6.45, 7) is 7.32. The van der Waals surface area contributed by atoms with E-state index in [0.717, 1.165) is 60.9 Å². The first-order valence-corrected chi connectivity index (χ1v) is 25.0. The Morgan fingerprint density at radius 3 is 1.62 bits per heavy atom. The van der Waals surface area contributed by atoms with E-state index in [4.69, 9.17) is 19.4 Å². The summed E-state index contributed by atoms with van der Waals surface area (Å²) in [6, 6.07) is 62.1. The molecule has 0 unspecified atom stereocenters. The van der Waals surface area contributed by atoms with Crippen molar-refractivity contribution < 1.29 is 4.42 Å². The van der Waals surface area contributed by atoms with Gasteiger partial charge in [-0.3, -0.25) is 0 Å². The third-order valence-corrected chi connectivity index (χ3v) is 15.5. The molecule has 4 heterocycles. The maximum absolute atomic E-state index is 6.92. The Bertz CT molecular complexity index is 3580. The minimum Gasteiger partial charge on any atom is -0.456 e. The number of aromatic nitrogens is 4. The Balaban J connectivity index is 1.24. The van der Waals surface area contributed by atoms with E-state index in [1.54, 1.807) is 0 Å². The minimum absolute atomic E-state index is 0.576. The summed E-state index contributed by atoms with van der Waals surface area (Å²) in [5.41, 5.74) is 9.78. The highest BCUT2D eigenvalue weighted by Crippen LogP contribution is 2.48. The molecule has 0 N–H and O–H groups in total. The first-order valence-electron chi connectivity index (χ1n) is 20.7. The minimum atomic E-state index is -1.63. The van der Waals surface area contributed by atoms with Crippen LogP contribution in [0, 0.1) is 0 Å². The molecule has 0 amide bonds. The standard InChI is InChI=1S/C54H38N4OSSi/c1-61(2,3)46-30-16-26-40-39-25-14-24-38(50(39)60-51(40)46)37-23-15-29-44-47(37)49-45(59-44)32-31-43(58-41-27-12-10-21-35(41)36-22-11-13-28-42(36)58)48(49)54-56-52(33-17-6-4-7-18-33)55-53(57-54)34-19-8-5-9-20-34/h4-32H,1-3H3. The topological polar surface area (TPSA) is 56.7 Å². The Morgan fingerprint density at radius 1 is 0.443 bits per heavy atom. The molecule has 4 aromatic heterocycles. The number of para-hydroxylation sites is 2. The number of rotatable bonds is 6. The SMILES string of the molecule is C[Si](C)(C)c1cccc2c1sc1c(-c3cccc4oc5ccc(-n6c7ccccc7c7ccccc76)c(-c6nc(-c7ccccc7)nc(-c7ccccc7)n6)c5c34)cccc12. The molecule has 0 fully saturated rings. The number of furan rings is 1. The molecule has 7 heteroatoms. The van der Waals surface area contributed by atoms with E-state index >= 15 is 0 Å². The highest BCUT2D eigenvalue weighted by Gasteiger charge is 2.27. The van der Waals surface area contributed by atoms with Crippen molar-refractivity contribution in [2.24, 2.45) is 0 Å². The third-order valence-electron chi connectivity index (χ3n) is 12.0. The van der Waals surface area contributed by atoms with Crippen LogP contribution >= 0.6 is 11.3 Å². The van der Waals surface area contributed by atoms with Gasteiger partial charge in [-0.05, 0) is 41.1 Å². The Hall–Kier alpha value is -7.19. The monoisotopic (exact) mass is 818 g/mol. The first kappa shape index (κ1) is 35.7. The van der Waals surface area contributed by atoms with Gasteiger partial charge in [0.25, 0.3) is 0 Å². The number of hydrogen-bond acceptors (Lipinski definition) is 5. The van der Waals surface area contributed by atoms with Gasteiger partial charge in [0.05, 0.1) is 30.4 Å². The molecule has 0 saturated carbocycles. The molecular weight excluding hydrogens is 781 g/mol. The molecule has 5 nitrogen and oxygen atoms in total. The van der Waals surface area contributed by atoms with Crippen molar-refractivity contribution >= 4 is 88.5 Å². The van der Waals surface area contributed by atoms with Crippen LogP contribution in [0.5, 0.6) is 0 Å². The van der Waals surface area contributed by atoms with Crippen LogP contribution in [0.3, 0.4) is 0 Å². The Kier molecular flexibility index (Phi) is 8.01. The summed E-state index contributed by atoms with van der Waals surface area (Å²) in [5.74, 6) is 1.79. The van der Waals surface area contributed by atoms with E-state index in [2.05, 4.69) is 164 Å². The van der Waals surface area contributed by atoms with Crippen LogP contribution in [-0.2, 0) is 0 Å². The smallest absolute Gasteiger partial charge is 0.166 e. The lowest BCUT2D eigenvalue weighted by molar-refractivity contribution is 0.669. The lowest BCUT2D eigenvalue weighted by Crippen LogP contribution is -2.37. The molecule has 0 aliphatic rings. The zero-order chi connectivity index (χ0) is 40.8. The average Bonchev–Trinajstić information content (AvgIpc) is 3.99. The lowest BCUT2D eigenvalue weighted by Gasteiger charge is -2.17. The molecule has 0 aliphatic carbocycles. The van der Waals surface area contributed by atoms with Gasteiger partial charge >= 0.3 is 0 Å². The van der Waals surface area contributed by atoms with Gasteiger partial charge < -0.3 is 8.98 Å². The molecule has 0 aliphatic heterocycles. The summed E-state index contributed by atoms with van der Waals surface area (Å²) in [7, 11) is -1.63. The predicted octanol–water partition coefficient (Wildman–Crippen LogP) is 14.4. The van der Waals surface area contributed by atoms with Gasteiger partial charge in [-0.1, -0.05) is 165 Å². The van der Waals surface area contributed by atoms with Gasteiger partial charge in [-0.25, -0.2) is 15.0 Å². The van der Waals surface area contributed by atoms with Gasteiger partial charge in [-0.2, -0.15) is 0 Å². The average molecular weight is 819 g/mol. The lowest BCUT2D eigenvalue weighted by atomic mass is 9.95. The van der Waals surface area contributed by atoms with E-state index in [1.165, 1.54) is 41.7 Å². The molecule has 0 spiro atoms. The Labute approximate surface area is 357 Å². The fourth-order valence-corrected chi connectivity index (χ4v) is 13.0. The van der Waals surface area contributed by atoms with Crippen molar-refractivity contribution in [3.8, 4) is 51.0 Å². The molecule has 12 rings (SSSR count). The molecule has 0 bridgehead atoms. The normalized spacial score (nSPS) is 12.2. The van der Waals surface area contributed by atoms with Crippen LogP contribution in [-0.4, -0.2) is 27.6 Å². The molecule has 61 heavy (non-hydrogen) atoms. The second kappa shape index (κ2) is 13.7. The van der Waals surface area contributed by atoms with Gasteiger partial charge in [0.1, 0.15) is 11.2 Å². The van der Waals surface area contributed by atoms with Crippen molar-refractivity contribution in [3.63, 3.8) is 0 Å². The van der Waals surface area contributed by atoms with Crippen LogP contribution in [0.4, 0.5) is 0 Å². The van der Waals surface area contributed by atoms with Crippen LogP contribution in [0.15, 0.2) is 180 Å². The first-order chi connectivity index (χ1) is 29.9. The molecular formula is C54H38N4OSSi. The molecule has 8 aromatic carbocycles. The zero-order valence-corrected chi connectivity index (χ0v) is 35.7. The van der Waals surface area contributed by atoms with E-state index in [1.807, 2.05) is 47.7 Å². The molecule has 0 radical (unpaired) electrons. The highest BCUT2D eigenvalue weighted by molar-refractivity contribution is 7.28. The fraction of sp³-hybridized carbons (Fsp3) is 0.0556. The summed E-state index contributed by atoms with van der Waals surface area (Å²) >= 11 is 1.92. The number of benzene rings is 8. The maximum Gasteiger partial charge on any atom is 0.166 e. The maximum atomic E-state index is 6.92. The van der Waals surface area contributed by atoms with Crippen LogP contribution in [0.25, 0.3) is 115 Å². The van der Waals surface area contributed by atoms with Crippen LogP contribution in [0.1, 0.15) is 0 Å². The van der Waals surface area contributed by atoms with Gasteiger partial charge in [0.2, 0.25) is 0 Å². The molecule has 12 aromatic rings. The molecule has 0 saturated heterocycles. The third kappa shape index (κ3) is 5.62. The van der Waals surface area contributed by atoms with Gasteiger partial charge in [0, 0.05) is 58.4 Å². The zero-order valence-electron chi connectivity index (χ0n) is 33.8. The number of hydrogen-bond donors (Lipinski definition) is 0. The van der Waals surface area contributed by atoms with E-state index in [0.29, 0.717) is 17.5 Å². The molecule has 290 valence electrons. The van der Waals surface area contributed by atoms with Crippen LogP contribution in [0.2, 0.25) is 19.6 Å². The largest absolute Gasteiger partial charge is 0.456 e. The van der Waals surface area contributed by atoms with E-state index in [-0.39, 0.29) is 0 Å². The highest BCUT2D eigenvalue weighted by atomic mass is 32.1. The summed E-state index contributed by atoms with van der Waals surface area (Å²) in [5, 5.41) is 8.48. The number of nitrogens with zero attached hydrogens (tertiary/aromatic N) is 4. The van der Waals surface area contributed by atoms with Crippen molar-refractivity contribution in [2.75, 3.05) is 0 Å². The van der Waals surface area contributed by atoms with E-state index in [9.17, 15) is 0 Å². The Morgan fingerprint density at radius 2 is 0.967 bits per heavy atom. The predicted molar refractivity (Wildman–Crippen MR) is 259 cm³/mol. The number of thiophene rings is 1. The summed E-state index contributed by atoms with van der Waals surface area (Å²) in [6.07, 6.45) is 0. The summed E-state index contributed by atoms with van der Waals surface area (Å²) < 4.78 is 12.0. The van der Waals surface area contributed by atoms with Crippen molar-refractivity contribution in [3.05, 3.63) is 176 Å². The van der Waals surface area contributed by atoms with Gasteiger partial charge in [-0.15, -0.1) is 11.3 Å². The quantitative estimate of drug-likeness (QED) is 0.157. The van der Waals surface area contributed by atoms with E-state index < -0.39 is 8.07 Å². The van der Waals surface area contributed by atoms with Crippen molar-refractivity contribution in [2.45, 2.75) is 19.6 Å². The second-order valence-electron chi connectivity index (χ2n) is 16.7. The van der Waals surface area contributed by atoms with Crippen molar-refractivity contribution in [1.29, 1.82) is 0 Å². The van der Waals surface area contributed by atoms with Crippen molar-refractivity contribution in [1.82, 2.24) is 19.5 Å². The van der Waals surface area contributed by atoms with Gasteiger partial charge in [0.15, 0.2) is 17.5 Å². The second-order valence-corrected chi connectivity index (χ2v) is 22.8.